The molecule has 8 heteroatoms. The van der Waals surface area contributed by atoms with Crippen LogP contribution in [-0.2, 0) is 14.3 Å². The molecule has 6 nitrogen and oxygen atoms in total. The molecule has 0 aromatic heterocycles. The van der Waals surface area contributed by atoms with Crippen molar-refractivity contribution in [2.45, 2.75) is 57.8 Å². The van der Waals surface area contributed by atoms with Crippen LogP contribution < -0.4 is 11.1 Å². The average Bonchev–Trinajstić information content (AvgIpc) is 2.53. The number of nitrogens with two attached hydrogens (primary N) is 1. The summed E-state index contributed by atoms with van der Waals surface area (Å²) in [6, 6.07) is -0.389. The Kier molecular flexibility index (Phi) is 13.1. The summed E-state index contributed by atoms with van der Waals surface area (Å²) in [6.07, 6.45) is 4.49. The summed E-state index contributed by atoms with van der Waals surface area (Å²) in [4.78, 5) is 14.5. The van der Waals surface area contributed by atoms with E-state index in [9.17, 15) is 4.79 Å². The smallest absolute Gasteiger partial charge is 0.237 e. The van der Waals surface area contributed by atoms with Gasteiger partial charge in [0.05, 0.1) is 18.2 Å². The summed E-state index contributed by atoms with van der Waals surface area (Å²) in [5, 5.41) is 2.99. The monoisotopic (exact) mass is 399 g/mol. The molecule has 1 amide bonds. The van der Waals surface area contributed by atoms with Crippen molar-refractivity contribution in [3.8, 4) is 0 Å². The molecule has 0 spiro atoms. The predicted octanol–water partition coefficient (Wildman–Crippen LogP) is 1.59. The summed E-state index contributed by atoms with van der Waals surface area (Å²) in [7, 11) is 0. The van der Waals surface area contributed by atoms with Gasteiger partial charge in [0.25, 0.3) is 0 Å². The van der Waals surface area contributed by atoms with E-state index in [2.05, 4.69) is 24.1 Å². The maximum absolute atomic E-state index is 12.1. The first-order valence-corrected chi connectivity index (χ1v) is 9.05. The first kappa shape index (κ1) is 24.9. The number of unbranched alkanes of at least 4 members (excludes halogenated alkanes) is 1. The fourth-order valence-corrected chi connectivity index (χ4v) is 3.55. The summed E-state index contributed by atoms with van der Waals surface area (Å²) in [5.74, 6) is 0.255. The molecule has 0 saturated carbocycles. The van der Waals surface area contributed by atoms with Gasteiger partial charge in [-0.2, -0.15) is 0 Å². The van der Waals surface area contributed by atoms with E-state index in [4.69, 9.17) is 15.2 Å². The van der Waals surface area contributed by atoms with Crippen LogP contribution in [0.2, 0.25) is 0 Å². The van der Waals surface area contributed by atoms with Crippen molar-refractivity contribution < 1.29 is 14.3 Å². The molecule has 0 radical (unpaired) electrons. The van der Waals surface area contributed by atoms with E-state index >= 15 is 0 Å². The van der Waals surface area contributed by atoms with E-state index in [-0.39, 0.29) is 42.7 Å². The topological polar surface area (TPSA) is 76.8 Å². The Bertz CT molecular complexity index is 361. The number of rotatable bonds is 7. The van der Waals surface area contributed by atoms with Gasteiger partial charge in [-0.1, -0.05) is 0 Å². The van der Waals surface area contributed by atoms with Crippen LogP contribution in [0, 0.1) is 5.92 Å². The molecule has 3 atom stereocenters. The van der Waals surface area contributed by atoms with Crippen LogP contribution in [0.5, 0.6) is 0 Å². The molecule has 0 bridgehead atoms. The van der Waals surface area contributed by atoms with E-state index < -0.39 is 0 Å². The largest absolute Gasteiger partial charge is 0.381 e. The maximum atomic E-state index is 12.1. The zero-order valence-electron chi connectivity index (χ0n) is 15.4. The maximum Gasteiger partial charge on any atom is 0.237 e. The Labute approximate surface area is 164 Å². The van der Waals surface area contributed by atoms with Crippen molar-refractivity contribution in [1.82, 2.24) is 10.2 Å². The van der Waals surface area contributed by atoms with Crippen molar-refractivity contribution >= 4 is 30.7 Å². The van der Waals surface area contributed by atoms with Gasteiger partial charge >= 0.3 is 0 Å². The lowest BCUT2D eigenvalue weighted by Crippen LogP contribution is -2.47. The Morgan fingerprint density at radius 2 is 1.76 bits per heavy atom. The van der Waals surface area contributed by atoms with Crippen LogP contribution in [-0.4, -0.2) is 68.4 Å². The lowest BCUT2D eigenvalue weighted by Gasteiger charge is -2.35. The highest BCUT2D eigenvalue weighted by Crippen LogP contribution is 2.17. The number of nitrogens with one attached hydrogen (secondary N) is 1. The molecule has 2 saturated heterocycles. The summed E-state index contributed by atoms with van der Waals surface area (Å²) in [5.41, 5.74) is 6.06. The third-order valence-corrected chi connectivity index (χ3v) is 4.77. The Morgan fingerprint density at radius 3 is 2.36 bits per heavy atom. The molecule has 0 aromatic carbocycles. The number of halogens is 2. The quantitative estimate of drug-likeness (QED) is 0.635. The molecule has 150 valence electrons. The van der Waals surface area contributed by atoms with E-state index in [0.717, 1.165) is 58.5 Å². The second-order valence-corrected chi connectivity index (χ2v) is 6.99. The van der Waals surface area contributed by atoms with Gasteiger partial charge in [-0.25, -0.2) is 0 Å². The molecule has 2 fully saturated rings. The van der Waals surface area contributed by atoms with Gasteiger partial charge in [-0.05, 0) is 52.0 Å². The first-order valence-electron chi connectivity index (χ1n) is 9.05. The van der Waals surface area contributed by atoms with E-state index in [1.165, 1.54) is 0 Å². The Hall–Kier alpha value is -0.110. The highest BCUT2D eigenvalue weighted by molar-refractivity contribution is 5.85. The highest BCUT2D eigenvalue weighted by Gasteiger charge is 2.26. The molecule has 2 rings (SSSR count). The molecular weight excluding hydrogens is 365 g/mol. The number of ether oxygens (including phenoxy) is 2. The minimum atomic E-state index is -0.389. The van der Waals surface area contributed by atoms with Gasteiger partial charge < -0.3 is 20.5 Å². The fourth-order valence-electron chi connectivity index (χ4n) is 3.55. The molecule has 3 N–H and O–H groups in total. The zero-order valence-corrected chi connectivity index (χ0v) is 17.1. The summed E-state index contributed by atoms with van der Waals surface area (Å²) < 4.78 is 11.1. The number of hydrogen-bond acceptors (Lipinski definition) is 5. The third kappa shape index (κ3) is 8.89. The van der Waals surface area contributed by atoms with Crippen LogP contribution in [0.15, 0.2) is 0 Å². The van der Waals surface area contributed by atoms with Gasteiger partial charge in [-0.3, -0.25) is 9.69 Å². The van der Waals surface area contributed by atoms with Crippen molar-refractivity contribution in [3.05, 3.63) is 0 Å². The highest BCUT2D eigenvalue weighted by atomic mass is 35.5. The third-order valence-electron chi connectivity index (χ3n) is 4.77. The van der Waals surface area contributed by atoms with E-state index in [1.54, 1.807) is 0 Å². The lowest BCUT2D eigenvalue weighted by molar-refractivity contribution is -0.124. The normalized spacial score (nSPS) is 26.2. The van der Waals surface area contributed by atoms with Crippen LogP contribution >= 0.6 is 24.8 Å². The van der Waals surface area contributed by atoms with Crippen LogP contribution in [0.25, 0.3) is 0 Å². The summed E-state index contributed by atoms with van der Waals surface area (Å²) >= 11 is 0. The number of nitrogens with zero attached hydrogens (tertiary/aromatic N) is 1. The van der Waals surface area contributed by atoms with Crippen molar-refractivity contribution in [1.29, 1.82) is 0 Å². The van der Waals surface area contributed by atoms with Crippen molar-refractivity contribution in [2.24, 2.45) is 11.7 Å². The number of carbonyl (C=O) groups excluding carboxylic acids is 1. The predicted molar refractivity (Wildman–Crippen MR) is 105 cm³/mol. The zero-order chi connectivity index (χ0) is 16.7. The average molecular weight is 400 g/mol. The Balaban J connectivity index is 0.00000288. The second-order valence-electron chi connectivity index (χ2n) is 6.99. The van der Waals surface area contributed by atoms with Gasteiger partial charge in [-0.15, -0.1) is 24.8 Å². The molecule has 0 aliphatic carbocycles. The number of hydrogen-bond donors (Lipinski definition) is 2. The van der Waals surface area contributed by atoms with Gasteiger partial charge in [0.15, 0.2) is 0 Å². The molecule has 2 aliphatic heterocycles. The SMILES string of the molecule is CC1CN(CCCCNC(=O)C(N)C2CCOCC2)CC(C)O1.Cl.Cl. The Morgan fingerprint density at radius 1 is 1.16 bits per heavy atom. The van der Waals surface area contributed by atoms with Gasteiger partial charge in [0.2, 0.25) is 5.91 Å². The molecule has 0 aromatic rings. The molecular formula is C17H35Cl2N3O3. The molecule has 2 aliphatic rings. The fraction of sp³-hybridized carbons (Fsp3) is 0.941. The number of carbonyl (C=O) groups is 1. The lowest BCUT2D eigenvalue weighted by atomic mass is 9.92. The standard InChI is InChI=1S/C17H33N3O3.2ClH/c1-13-11-20(12-14(2)23-13)8-4-3-7-19-17(21)16(18)15-5-9-22-10-6-15;;/h13-16H,3-12,18H2,1-2H3,(H,19,21);2*1H. The number of amides is 1. The van der Waals surface area contributed by atoms with E-state index in [0.29, 0.717) is 18.8 Å². The van der Waals surface area contributed by atoms with Crippen LogP contribution in [0.3, 0.4) is 0 Å². The molecule has 2 heterocycles. The molecule has 3 unspecified atom stereocenters. The van der Waals surface area contributed by atoms with Crippen molar-refractivity contribution in [3.63, 3.8) is 0 Å². The second kappa shape index (κ2) is 13.1. The van der Waals surface area contributed by atoms with E-state index in [1.807, 2.05) is 0 Å². The number of morpholine rings is 1. The first-order chi connectivity index (χ1) is 11.1. The molecule has 25 heavy (non-hydrogen) atoms. The minimum Gasteiger partial charge on any atom is -0.381 e. The summed E-state index contributed by atoms with van der Waals surface area (Å²) in [6.45, 7) is 9.49. The minimum absolute atomic E-state index is 0. The van der Waals surface area contributed by atoms with Crippen LogP contribution in [0.1, 0.15) is 39.5 Å². The van der Waals surface area contributed by atoms with Crippen LogP contribution in [0.4, 0.5) is 0 Å². The van der Waals surface area contributed by atoms with Gasteiger partial charge in [0.1, 0.15) is 0 Å². The van der Waals surface area contributed by atoms with Gasteiger partial charge in [0, 0.05) is 32.8 Å². The van der Waals surface area contributed by atoms with Crippen molar-refractivity contribution in [2.75, 3.05) is 39.4 Å².